The standard InChI is InChI=1S/C64H42N2O/c1-3-13-43(14-4-1)44-23-25-45(26-24-44)47-31-36-53(37-32-47)65(61-42-51-15-7-8-18-55(51)63-57-20-10-12-22-62(57)67-64(61)63)54-38-33-48(34-39-54)46-27-29-49(30-28-46)50-35-40-60-58(41-50)56-19-9-11-21-59(56)66(60)52-16-5-2-6-17-52/h1-42H. The van der Waals surface area contributed by atoms with E-state index in [4.69, 9.17) is 4.42 Å². The van der Waals surface area contributed by atoms with E-state index in [2.05, 4.69) is 258 Å². The van der Waals surface area contributed by atoms with Gasteiger partial charge in [0.15, 0.2) is 5.58 Å². The van der Waals surface area contributed by atoms with Crippen LogP contribution >= 0.6 is 0 Å². The van der Waals surface area contributed by atoms with Crippen LogP contribution in [0, 0.1) is 0 Å². The van der Waals surface area contributed by atoms with E-state index in [0.29, 0.717) is 0 Å². The van der Waals surface area contributed by atoms with Gasteiger partial charge in [-0.05, 0) is 122 Å². The van der Waals surface area contributed by atoms with E-state index in [1.165, 1.54) is 60.7 Å². The Morgan fingerprint density at radius 2 is 0.761 bits per heavy atom. The number of para-hydroxylation sites is 3. The molecular formula is C64H42N2O. The van der Waals surface area contributed by atoms with Gasteiger partial charge in [-0.1, -0.05) is 188 Å². The molecule has 0 aliphatic carbocycles. The highest BCUT2D eigenvalue weighted by Gasteiger charge is 2.22. The minimum atomic E-state index is 0.864. The summed E-state index contributed by atoms with van der Waals surface area (Å²) in [5, 5.41) is 7.08. The van der Waals surface area contributed by atoms with Crippen molar-refractivity contribution in [1.29, 1.82) is 0 Å². The second-order valence-electron chi connectivity index (χ2n) is 17.3. The molecular weight excluding hydrogens is 813 g/mol. The van der Waals surface area contributed by atoms with Crippen LogP contribution in [0.5, 0.6) is 0 Å². The lowest BCUT2D eigenvalue weighted by Crippen LogP contribution is -2.10. The fourth-order valence-corrected chi connectivity index (χ4v) is 10.1. The smallest absolute Gasteiger partial charge is 0.160 e. The molecule has 13 rings (SSSR count). The number of benzene rings is 11. The van der Waals surface area contributed by atoms with Gasteiger partial charge in [-0.15, -0.1) is 0 Å². The second kappa shape index (κ2) is 16.0. The lowest BCUT2D eigenvalue weighted by Gasteiger charge is -2.26. The Hall–Kier alpha value is -8.92. The van der Waals surface area contributed by atoms with Gasteiger partial charge in [0, 0.05) is 38.6 Å². The summed E-state index contributed by atoms with van der Waals surface area (Å²) in [4.78, 5) is 2.34. The van der Waals surface area contributed by atoms with Crippen LogP contribution in [0.3, 0.4) is 0 Å². The van der Waals surface area contributed by atoms with E-state index in [-0.39, 0.29) is 0 Å². The van der Waals surface area contributed by atoms with Crippen LogP contribution in [0.2, 0.25) is 0 Å². The van der Waals surface area contributed by atoms with Crippen LogP contribution in [-0.2, 0) is 0 Å². The molecule has 2 heterocycles. The number of aromatic nitrogens is 1. The molecule has 2 aromatic heterocycles. The third-order valence-corrected chi connectivity index (χ3v) is 13.4. The number of hydrogen-bond donors (Lipinski definition) is 0. The molecule has 67 heavy (non-hydrogen) atoms. The predicted molar refractivity (Wildman–Crippen MR) is 282 cm³/mol. The van der Waals surface area contributed by atoms with Gasteiger partial charge in [-0.25, -0.2) is 0 Å². The first-order valence-electron chi connectivity index (χ1n) is 22.9. The maximum Gasteiger partial charge on any atom is 0.160 e. The minimum absolute atomic E-state index is 0.864. The fourth-order valence-electron chi connectivity index (χ4n) is 10.1. The molecule has 0 fully saturated rings. The fraction of sp³-hybridized carbons (Fsp3) is 0. The van der Waals surface area contributed by atoms with Crippen molar-refractivity contribution in [3.8, 4) is 50.2 Å². The quantitative estimate of drug-likeness (QED) is 0.152. The van der Waals surface area contributed by atoms with Crippen LogP contribution < -0.4 is 4.90 Å². The zero-order valence-corrected chi connectivity index (χ0v) is 36.6. The van der Waals surface area contributed by atoms with E-state index >= 15 is 0 Å². The van der Waals surface area contributed by atoms with Crippen molar-refractivity contribution in [3.05, 3.63) is 255 Å². The number of rotatable bonds is 8. The molecule has 0 spiro atoms. The van der Waals surface area contributed by atoms with E-state index < -0.39 is 0 Å². The van der Waals surface area contributed by atoms with Crippen molar-refractivity contribution in [3.63, 3.8) is 0 Å². The number of anilines is 3. The summed E-state index contributed by atoms with van der Waals surface area (Å²) in [6.07, 6.45) is 0. The van der Waals surface area contributed by atoms with Crippen LogP contribution in [0.4, 0.5) is 17.1 Å². The lowest BCUT2D eigenvalue weighted by molar-refractivity contribution is 0.669. The van der Waals surface area contributed by atoms with E-state index in [0.717, 1.165) is 61.1 Å². The van der Waals surface area contributed by atoms with E-state index in [1.807, 2.05) is 6.07 Å². The molecule has 0 saturated heterocycles. The number of furan rings is 1. The van der Waals surface area contributed by atoms with Crippen molar-refractivity contribution in [2.75, 3.05) is 4.90 Å². The average Bonchev–Trinajstić information content (AvgIpc) is 3.96. The van der Waals surface area contributed by atoms with E-state index in [1.54, 1.807) is 0 Å². The van der Waals surface area contributed by atoms with Gasteiger partial charge in [0.2, 0.25) is 0 Å². The molecule has 13 aromatic rings. The zero-order valence-electron chi connectivity index (χ0n) is 36.6. The molecule has 11 aromatic carbocycles. The monoisotopic (exact) mass is 854 g/mol. The zero-order chi connectivity index (χ0) is 44.3. The van der Waals surface area contributed by atoms with Crippen LogP contribution in [0.15, 0.2) is 259 Å². The molecule has 0 radical (unpaired) electrons. The summed E-state index contributed by atoms with van der Waals surface area (Å²) in [6, 6.07) is 91.7. The Bertz CT molecular complexity index is 3920. The molecule has 0 N–H and O–H groups in total. The summed E-state index contributed by atoms with van der Waals surface area (Å²) >= 11 is 0. The first-order valence-corrected chi connectivity index (χ1v) is 22.9. The summed E-state index contributed by atoms with van der Waals surface area (Å²) in [5.41, 5.74) is 17.9. The summed E-state index contributed by atoms with van der Waals surface area (Å²) in [6.45, 7) is 0. The highest BCUT2D eigenvalue weighted by molar-refractivity contribution is 6.23. The Balaban J connectivity index is 0.871. The van der Waals surface area contributed by atoms with Gasteiger partial charge in [0.05, 0.1) is 16.7 Å². The molecule has 0 amide bonds. The molecule has 0 unspecified atom stereocenters. The van der Waals surface area contributed by atoms with Crippen molar-refractivity contribution >= 4 is 71.6 Å². The van der Waals surface area contributed by atoms with Gasteiger partial charge < -0.3 is 13.9 Å². The molecule has 0 aliphatic heterocycles. The first-order chi connectivity index (χ1) is 33.2. The lowest BCUT2D eigenvalue weighted by atomic mass is 9.98. The third kappa shape index (κ3) is 6.67. The van der Waals surface area contributed by atoms with Gasteiger partial charge >= 0.3 is 0 Å². The Morgan fingerprint density at radius 3 is 1.39 bits per heavy atom. The number of hydrogen-bond acceptors (Lipinski definition) is 2. The van der Waals surface area contributed by atoms with Gasteiger partial charge in [-0.2, -0.15) is 0 Å². The maximum absolute atomic E-state index is 6.82. The number of fused-ring (bicyclic) bond motifs is 8. The minimum Gasteiger partial charge on any atom is -0.454 e. The predicted octanol–water partition coefficient (Wildman–Crippen LogP) is 18.0. The SMILES string of the molecule is c1ccc(-c2ccc(-c3ccc(N(c4ccc(-c5ccc(-c6ccc7c(c6)c6ccccc6n7-c6ccccc6)cc5)cc4)c4cc5ccccc5c5c4oc4ccccc45)cc3)cc2)cc1. The third-order valence-electron chi connectivity index (χ3n) is 13.4. The Morgan fingerprint density at radius 1 is 0.313 bits per heavy atom. The Labute approximate surface area is 388 Å². The molecule has 0 aliphatic rings. The highest BCUT2D eigenvalue weighted by Crippen LogP contribution is 2.46. The first kappa shape index (κ1) is 38.5. The van der Waals surface area contributed by atoms with Gasteiger partial charge in [0.1, 0.15) is 5.58 Å². The normalized spacial score (nSPS) is 11.6. The summed E-state index contributed by atoms with van der Waals surface area (Å²) in [5.74, 6) is 0. The van der Waals surface area contributed by atoms with Crippen LogP contribution in [0.1, 0.15) is 0 Å². The van der Waals surface area contributed by atoms with E-state index in [9.17, 15) is 0 Å². The average molecular weight is 855 g/mol. The van der Waals surface area contributed by atoms with Crippen molar-refractivity contribution in [1.82, 2.24) is 4.57 Å². The van der Waals surface area contributed by atoms with Crippen LogP contribution in [-0.4, -0.2) is 4.57 Å². The van der Waals surface area contributed by atoms with Crippen molar-refractivity contribution < 1.29 is 4.42 Å². The topological polar surface area (TPSA) is 21.3 Å². The molecule has 0 atom stereocenters. The molecule has 314 valence electrons. The van der Waals surface area contributed by atoms with Crippen LogP contribution in [0.25, 0.3) is 105 Å². The highest BCUT2D eigenvalue weighted by atomic mass is 16.3. The summed E-state index contributed by atoms with van der Waals surface area (Å²) < 4.78 is 9.18. The maximum atomic E-state index is 6.82. The molecule has 0 saturated carbocycles. The molecule has 0 bridgehead atoms. The van der Waals surface area contributed by atoms with Crippen molar-refractivity contribution in [2.24, 2.45) is 0 Å². The Kier molecular flexibility index (Phi) is 9.17. The van der Waals surface area contributed by atoms with Gasteiger partial charge in [-0.3, -0.25) is 0 Å². The largest absolute Gasteiger partial charge is 0.454 e. The molecule has 3 nitrogen and oxygen atoms in total. The number of nitrogens with zero attached hydrogens (tertiary/aromatic N) is 2. The summed E-state index contributed by atoms with van der Waals surface area (Å²) in [7, 11) is 0. The van der Waals surface area contributed by atoms with Crippen molar-refractivity contribution in [2.45, 2.75) is 0 Å². The second-order valence-corrected chi connectivity index (χ2v) is 17.3. The van der Waals surface area contributed by atoms with Gasteiger partial charge in [0.25, 0.3) is 0 Å². The molecule has 3 heteroatoms.